The molecular formula is C26H33N5O2. The third kappa shape index (κ3) is 3.97. The van der Waals surface area contributed by atoms with E-state index >= 15 is 0 Å². The van der Waals surface area contributed by atoms with E-state index in [4.69, 9.17) is 4.98 Å². The molecule has 4 bridgehead atoms. The van der Waals surface area contributed by atoms with Gasteiger partial charge in [-0.1, -0.05) is 12.1 Å². The monoisotopic (exact) mass is 447 g/mol. The van der Waals surface area contributed by atoms with E-state index in [0.717, 1.165) is 69.9 Å². The molecule has 0 spiro atoms. The number of nitrogens with zero attached hydrogens (tertiary/aromatic N) is 4. The summed E-state index contributed by atoms with van der Waals surface area (Å²) in [6.45, 7) is 5.50. The Balaban J connectivity index is 1.10. The zero-order valence-electron chi connectivity index (χ0n) is 19.3. The van der Waals surface area contributed by atoms with Crippen molar-refractivity contribution in [1.29, 1.82) is 0 Å². The molecule has 33 heavy (non-hydrogen) atoms. The fraction of sp³-hybridized carbons (Fsp3) is 0.577. The van der Waals surface area contributed by atoms with Crippen LogP contribution >= 0.6 is 0 Å². The second-order valence-electron chi connectivity index (χ2n) is 10.7. The predicted octanol–water partition coefficient (Wildman–Crippen LogP) is 2.78. The number of aliphatic hydroxyl groups is 1. The molecule has 3 heterocycles. The van der Waals surface area contributed by atoms with Gasteiger partial charge in [-0.05, 0) is 80.5 Å². The first-order valence-corrected chi connectivity index (χ1v) is 12.4. The molecule has 1 saturated heterocycles. The fourth-order valence-corrected chi connectivity index (χ4v) is 6.98. The highest BCUT2D eigenvalue weighted by Gasteiger charge is 2.55. The van der Waals surface area contributed by atoms with Gasteiger partial charge < -0.3 is 20.2 Å². The standard InChI is InChI=1S/C26H33N5O2/c1-17-5-6-22(27-16-17)30-7-9-31(10-8-30)23-4-2-3-21(28-23)25(32)29-24-19-11-18-12-20(24)15-26(33,13-18)14-19/h2-6,16,18-20,24,33H,7-15H2,1H3,(H,29,32)/t18?,19?,20?,24-,26-. The third-order valence-corrected chi connectivity index (χ3v) is 8.33. The van der Waals surface area contributed by atoms with Crippen molar-refractivity contribution in [2.75, 3.05) is 36.0 Å². The Morgan fingerprint density at radius 3 is 2.33 bits per heavy atom. The molecule has 2 unspecified atom stereocenters. The maximum Gasteiger partial charge on any atom is 0.270 e. The lowest BCUT2D eigenvalue weighted by atomic mass is 9.52. The van der Waals surface area contributed by atoms with Crippen LogP contribution in [-0.2, 0) is 0 Å². The molecule has 2 atom stereocenters. The highest BCUT2D eigenvalue weighted by atomic mass is 16.3. The van der Waals surface area contributed by atoms with Gasteiger partial charge in [0.15, 0.2) is 0 Å². The van der Waals surface area contributed by atoms with Crippen LogP contribution in [0.3, 0.4) is 0 Å². The first-order chi connectivity index (χ1) is 16.0. The fourth-order valence-electron chi connectivity index (χ4n) is 6.98. The summed E-state index contributed by atoms with van der Waals surface area (Å²) in [5.41, 5.74) is 1.18. The molecule has 5 fully saturated rings. The van der Waals surface area contributed by atoms with Gasteiger partial charge >= 0.3 is 0 Å². The molecule has 2 aromatic rings. The summed E-state index contributed by atoms with van der Waals surface area (Å²) in [5.74, 6) is 3.23. The van der Waals surface area contributed by atoms with Gasteiger partial charge in [-0.3, -0.25) is 4.79 Å². The number of carbonyl (C=O) groups is 1. The number of nitrogens with one attached hydrogen (secondary N) is 1. The number of carbonyl (C=O) groups excluding carboxylic acids is 1. The van der Waals surface area contributed by atoms with E-state index in [1.807, 2.05) is 24.4 Å². The summed E-state index contributed by atoms with van der Waals surface area (Å²) in [6, 6.07) is 10.1. The van der Waals surface area contributed by atoms with Crippen molar-refractivity contribution in [3.8, 4) is 0 Å². The number of aromatic nitrogens is 2. The summed E-state index contributed by atoms with van der Waals surface area (Å²) in [7, 11) is 0. The van der Waals surface area contributed by atoms with Gasteiger partial charge in [-0.2, -0.15) is 0 Å². The molecule has 7 heteroatoms. The lowest BCUT2D eigenvalue weighted by molar-refractivity contribution is -0.136. The second kappa shape index (κ2) is 7.97. The molecule has 2 aromatic heterocycles. The van der Waals surface area contributed by atoms with Gasteiger partial charge in [0.25, 0.3) is 5.91 Å². The topological polar surface area (TPSA) is 81.6 Å². The minimum Gasteiger partial charge on any atom is -0.390 e. The van der Waals surface area contributed by atoms with Crippen molar-refractivity contribution in [2.45, 2.75) is 50.7 Å². The molecule has 1 amide bonds. The Labute approximate surface area is 195 Å². The summed E-state index contributed by atoms with van der Waals surface area (Å²) in [6.07, 6.45) is 6.80. The third-order valence-electron chi connectivity index (χ3n) is 8.33. The summed E-state index contributed by atoms with van der Waals surface area (Å²) in [4.78, 5) is 27.0. The van der Waals surface area contributed by atoms with Crippen LogP contribution < -0.4 is 15.1 Å². The summed E-state index contributed by atoms with van der Waals surface area (Å²) in [5, 5.41) is 14.1. The van der Waals surface area contributed by atoms with E-state index in [-0.39, 0.29) is 11.9 Å². The average Bonchev–Trinajstić information content (AvgIpc) is 2.81. The van der Waals surface area contributed by atoms with Crippen molar-refractivity contribution < 1.29 is 9.90 Å². The smallest absolute Gasteiger partial charge is 0.270 e. The number of hydrogen-bond donors (Lipinski definition) is 2. The number of anilines is 2. The van der Waals surface area contributed by atoms with Crippen molar-refractivity contribution in [3.63, 3.8) is 0 Å². The van der Waals surface area contributed by atoms with Crippen LogP contribution in [0.15, 0.2) is 36.5 Å². The van der Waals surface area contributed by atoms with Gasteiger partial charge in [-0.25, -0.2) is 9.97 Å². The van der Waals surface area contributed by atoms with E-state index in [1.54, 1.807) is 0 Å². The first-order valence-electron chi connectivity index (χ1n) is 12.4. The minimum absolute atomic E-state index is 0.0798. The van der Waals surface area contributed by atoms with Crippen LogP contribution in [0.4, 0.5) is 11.6 Å². The number of rotatable bonds is 4. The van der Waals surface area contributed by atoms with Crippen molar-refractivity contribution in [2.24, 2.45) is 17.8 Å². The Kier molecular flexibility index (Phi) is 5.05. The predicted molar refractivity (Wildman–Crippen MR) is 127 cm³/mol. The number of hydrogen-bond acceptors (Lipinski definition) is 6. The highest BCUT2D eigenvalue weighted by molar-refractivity contribution is 5.93. The summed E-state index contributed by atoms with van der Waals surface area (Å²) < 4.78 is 0. The van der Waals surface area contributed by atoms with Crippen molar-refractivity contribution in [3.05, 3.63) is 47.8 Å². The zero-order chi connectivity index (χ0) is 22.6. The molecule has 7 nitrogen and oxygen atoms in total. The molecule has 7 rings (SSSR count). The number of piperazine rings is 1. The van der Waals surface area contributed by atoms with Crippen LogP contribution in [0, 0.1) is 24.7 Å². The van der Waals surface area contributed by atoms with E-state index in [9.17, 15) is 9.90 Å². The normalized spacial score (nSPS) is 32.8. The number of amides is 1. The van der Waals surface area contributed by atoms with Crippen molar-refractivity contribution in [1.82, 2.24) is 15.3 Å². The Bertz CT molecular complexity index is 1020. The lowest BCUT2D eigenvalue weighted by Gasteiger charge is -2.58. The van der Waals surface area contributed by atoms with Gasteiger partial charge in [0.2, 0.25) is 0 Å². The van der Waals surface area contributed by atoms with Crippen molar-refractivity contribution >= 4 is 17.5 Å². The first kappa shape index (κ1) is 20.9. The minimum atomic E-state index is -0.480. The molecule has 4 saturated carbocycles. The van der Waals surface area contributed by atoms with Gasteiger partial charge in [0, 0.05) is 38.4 Å². The van der Waals surface area contributed by atoms with E-state index in [0.29, 0.717) is 23.4 Å². The van der Waals surface area contributed by atoms with Gasteiger partial charge in [-0.15, -0.1) is 0 Å². The molecule has 0 aromatic carbocycles. The maximum absolute atomic E-state index is 13.1. The molecule has 4 aliphatic carbocycles. The Morgan fingerprint density at radius 2 is 1.70 bits per heavy atom. The quantitative estimate of drug-likeness (QED) is 0.750. The van der Waals surface area contributed by atoms with Crippen LogP contribution in [0.5, 0.6) is 0 Å². The Morgan fingerprint density at radius 1 is 1.00 bits per heavy atom. The van der Waals surface area contributed by atoms with Crippen LogP contribution in [0.2, 0.25) is 0 Å². The van der Waals surface area contributed by atoms with Gasteiger partial charge in [0.05, 0.1) is 5.60 Å². The molecular weight excluding hydrogens is 414 g/mol. The van der Waals surface area contributed by atoms with E-state index in [1.165, 1.54) is 5.56 Å². The molecule has 174 valence electrons. The van der Waals surface area contributed by atoms with Crippen LogP contribution in [-0.4, -0.2) is 58.8 Å². The van der Waals surface area contributed by atoms with E-state index in [2.05, 4.69) is 39.2 Å². The van der Waals surface area contributed by atoms with E-state index < -0.39 is 5.60 Å². The Hall–Kier alpha value is -2.67. The van der Waals surface area contributed by atoms with Crippen LogP contribution in [0.25, 0.3) is 0 Å². The molecule has 0 radical (unpaired) electrons. The average molecular weight is 448 g/mol. The molecule has 2 N–H and O–H groups in total. The second-order valence-corrected chi connectivity index (χ2v) is 10.7. The molecule has 1 aliphatic heterocycles. The lowest BCUT2D eigenvalue weighted by Crippen LogP contribution is -2.61. The van der Waals surface area contributed by atoms with Gasteiger partial charge in [0.1, 0.15) is 17.3 Å². The summed E-state index contributed by atoms with van der Waals surface area (Å²) >= 11 is 0. The number of pyridine rings is 2. The SMILES string of the molecule is Cc1ccc(N2CCN(c3cccc(C(=O)N[C@H]4C5CC6CC4C[C@](O)(C6)C5)n3)CC2)nc1. The highest BCUT2D eigenvalue weighted by Crippen LogP contribution is 2.55. The number of aryl methyl sites for hydroxylation is 1. The van der Waals surface area contributed by atoms with Crippen LogP contribution in [0.1, 0.15) is 48.2 Å². The largest absolute Gasteiger partial charge is 0.390 e. The molecule has 5 aliphatic rings. The zero-order valence-corrected chi connectivity index (χ0v) is 19.3. The maximum atomic E-state index is 13.1.